The molecule has 2 aliphatic heterocycles. The van der Waals surface area contributed by atoms with Crippen LogP contribution in [0.2, 0.25) is 0 Å². The average Bonchev–Trinajstić information content (AvgIpc) is 2.87. The van der Waals surface area contributed by atoms with Gasteiger partial charge in [0.2, 0.25) is 0 Å². The highest BCUT2D eigenvalue weighted by Crippen LogP contribution is 2.34. The van der Waals surface area contributed by atoms with Crippen molar-refractivity contribution in [2.24, 2.45) is 0 Å². The molecular weight excluding hydrogens is 258 g/mol. The third-order valence-corrected chi connectivity index (χ3v) is 6.18. The predicted octanol–water partition coefficient (Wildman–Crippen LogP) is 2.59. The second kappa shape index (κ2) is 6.33. The molecule has 1 saturated carbocycles. The number of hydrogen-bond donors (Lipinski definition) is 1. The van der Waals surface area contributed by atoms with Gasteiger partial charge in [0.05, 0.1) is 12.2 Å². The molecule has 19 heavy (non-hydrogen) atoms. The molecule has 3 aliphatic rings. The molecule has 3 fully saturated rings. The van der Waals surface area contributed by atoms with Gasteiger partial charge in [0.1, 0.15) is 0 Å². The molecule has 1 aliphatic carbocycles. The van der Waals surface area contributed by atoms with Gasteiger partial charge in [-0.3, -0.25) is 0 Å². The summed E-state index contributed by atoms with van der Waals surface area (Å²) in [7, 11) is 0. The Labute approximate surface area is 121 Å². The first-order valence-electron chi connectivity index (χ1n) is 7.82. The van der Waals surface area contributed by atoms with Crippen molar-refractivity contribution in [3.63, 3.8) is 0 Å². The molecule has 0 bridgehead atoms. The van der Waals surface area contributed by atoms with Crippen LogP contribution >= 0.6 is 11.8 Å². The fraction of sp³-hybridized carbons (Fsp3) is 1.00. The summed E-state index contributed by atoms with van der Waals surface area (Å²) in [5.74, 6) is 0. The zero-order chi connectivity index (χ0) is 13.1. The molecular formula is C15H27NO2S. The third kappa shape index (κ3) is 3.29. The molecule has 0 amide bonds. The lowest BCUT2D eigenvalue weighted by atomic mass is 9.87. The largest absolute Gasteiger partial charge is 0.378 e. The second-order valence-corrected chi connectivity index (χ2v) is 7.43. The van der Waals surface area contributed by atoms with E-state index in [2.05, 4.69) is 11.6 Å². The standard InChI is InChI=1S/C15H27NO2S/c1-19-14-5-3-2-4-13(14)16-12-6-8-18-15(10-12)7-9-17-11-15/h12-14,16H,2-11H2,1H3. The molecule has 1 spiro atoms. The van der Waals surface area contributed by atoms with Gasteiger partial charge in [0.25, 0.3) is 0 Å². The highest BCUT2D eigenvalue weighted by molar-refractivity contribution is 7.99. The number of ether oxygens (including phenoxy) is 2. The number of nitrogens with one attached hydrogen (secondary N) is 1. The van der Waals surface area contributed by atoms with Gasteiger partial charge < -0.3 is 14.8 Å². The SMILES string of the molecule is CSC1CCCCC1NC1CCOC2(CCOC2)C1. The lowest BCUT2D eigenvalue weighted by molar-refractivity contribution is -0.0906. The fourth-order valence-electron chi connectivity index (χ4n) is 3.91. The minimum atomic E-state index is 0.0411. The van der Waals surface area contributed by atoms with E-state index < -0.39 is 0 Å². The molecule has 0 aromatic carbocycles. The summed E-state index contributed by atoms with van der Waals surface area (Å²) in [6.45, 7) is 2.59. The van der Waals surface area contributed by atoms with Gasteiger partial charge in [-0.15, -0.1) is 0 Å². The van der Waals surface area contributed by atoms with Gasteiger partial charge in [-0.2, -0.15) is 11.8 Å². The van der Waals surface area contributed by atoms with Crippen molar-refractivity contribution in [2.45, 2.75) is 67.9 Å². The quantitative estimate of drug-likeness (QED) is 0.863. The summed E-state index contributed by atoms with van der Waals surface area (Å²) in [4.78, 5) is 0. The second-order valence-electron chi connectivity index (χ2n) is 6.36. The molecule has 2 saturated heterocycles. The van der Waals surface area contributed by atoms with Gasteiger partial charge in [-0.25, -0.2) is 0 Å². The van der Waals surface area contributed by atoms with E-state index in [0.29, 0.717) is 12.1 Å². The van der Waals surface area contributed by atoms with Crippen LogP contribution in [-0.4, -0.2) is 49.0 Å². The van der Waals surface area contributed by atoms with Crippen molar-refractivity contribution in [1.29, 1.82) is 0 Å². The van der Waals surface area contributed by atoms with Crippen LogP contribution < -0.4 is 5.32 Å². The van der Waals surface area contributed by atoms with Crippen LogP contribution in [-0.2, 0) is 9.47 Å². The van der Waals surface area contributed by atoms with Crippen LogP contribution in [0.15, 0.2) is 0 Å². The van der Waals surface area contributed by atoms with E-state index in [1.165, 1.54) is 32.1 Å². The number of rotatable bonds is 3. The molecule has 110 valence electrons. The van der Waals surface area contributed by atoms with E-state index >= 15 is 0 Å². The minimum absolute atomic E-state index is 0.0411. The first-order chi connectivity index (χ1) is 9.31. The zero-order valence-corrected chi connectivity index (χ0v) is 12.8. The maximum atomic E-state index is 6.03. The monoisotopic (exact) mass is 285 g/mol. The zero-order valence-electron chi connectivity index (χ0n) is 12.0. The molecule has 4 unspecified atom stereocenters. The van der Waals surface area contributed by atoms with Crippen LogP contribution in [0.3, 0.4) is 0 Å². The van der Waals surface area contributed by atoms with Crippen molar-refractivity contribution in [3.05, 3.63) is 0 Å². The molecule has 4 heteroatoms. The lowest BCUT2D eigenvalue weighted by Crippen LogP contribution is -2.52. The first-order valence-corrected chi connectivity index (χ1v) is 9.11. The van der Waals surface area contributed by atoms with E-state index in [9.17, 15) is 0 Å². The molecule has 0 aromatic rings. The van der Waals surface area contributed by atoms with Crippen molar-refractivity contribution in [3.8, 4) is 0 Å². The Kier molecular flexibility index (Phi) is 4.73. The highest BCUT2D eigenvalue weighted by atomic mass is 32.2. The summed E-state index contributed by atoms with van der Waals surface area (Å²) < 4.78 is 11.6. The van der Waals surface area contributed by atoms with Crippen LogP contribution in [0.4, 0.5) is 0 Å². The van der Waals surface area contributed by atoms with E-state index in [-0.39, 0.29) is 5.60 Å². The Morgan fingerprint density at radius 3 is 2.84 bits per heavy atom. The third-order valence-electron chi connectivity index (χ3n) is 5.02. The molecule has 0 aromatic heterocycles. The minimum Gasteiger partial charge on any atom is -0.378 e. The van der Waals surface area contributed by atoms with E-state index in [4.69, 9.17) is 9.47 Å². The topological polar surface area (TPSA) is 30.5 Å². The molecule has 2 heterocycles. The molecule has 3 nitrogen and oxygen atoms in total. The van der Waals surface area contributed by atoms with Gasteiger partial charge >= 0.3 is 0 Å². The average molecular weight is 285 g/mol. The lowest BCUT2D eigenvalue weighted by Gasteiger charge is -2.41. The van der Waals surface area contributed by atoms with Crippen molar-refractivity contribution >= 4 is 11.8 Å². The summed E-state index contributed by atoms with van der Waals surface area (Å²) >= 11 is 2.05. The Hall–Kier alpha value is 0.230. The Bertz CT molecular complexity index is 294. The first kappa shape index (κ1) is 14.2. The summed E-state index contributed by atoms with van der Waals surface area (Å²) in [6, 6.07) is 1.35. The predicted molar refractivity (Wildman–Crippen MR) is 79.8 cm³/mol. The Balaban J connectivity index is 1.56. The normalized spacial score (nSPS) is 43.7. The molecule has 3 rings (SSSR count). The van der Waals surface area contributed by atoms with Crippen LogP contribution in [0.1, 0.15) is 44.9 Å². The van der Waals surface area contributed by atoms with Gasteiger partial charge in [-0.05, 0) is 31.9 Å². The Morgan fingerprint density at radius 1 is 1.16 bits per heavy atom. The maximum Gasteiger partial charge on any atom is 0.0951 e. The number of hydrogen-bond acceptors (Lipinski definition) is 4. The Morgan fingerprint density at radius 2 is 2.05 bits per heavy atom. The summed E-state index contributed by atoms with van der Waals surface area (Å²) in [5.41, 5.74) is 0.0411. The summed E-state index contributed by atoms with van der Waals surface area (Å²) in [5, 5.41) is 4.77. The van der Waals surface area contributed by atoms with Crippen molar-refractivity contribution in [2.75, 3.05) is 26.1 Å². The smallest absolute Gasteiger partial charge is 0.0951 e. The molecule has 0 radical (unpaired) electrons. The van der Waals surface area contributed by atoms with E-state index in [1.54, 1.807) is 0 Å². The molecule has 1 N–H and O–H groups in total. The van der Waals surface area contributed by atoms with Crippen LogP contribution in [0, 0.1) is 0 Å². The summed E-state index contributed by atoms with van der Waals surface area (Å²) in [6.07, 6.45) is 11.2. The van der Waals surface area contributed by atoms with Gasteiger partial charge in [-0.1, -0.05) is 12.8 Å². The number of thioether (sulfide) groups is 1. The van der Waals surface area contributed by atoms with E-state index in [1.807, 2.05) is 11.8 Å². The fourth-order valence-corrected chi connectivity index (χ4v) is 4.85. The van der Waals surface area contributed by atoms with Gasteiger partial charge in [0.15, 0.2) is 0 Å². The highest BCUT2D eigenvalue weighted by Gasteiger charge is 2.41. The van der Waals surface area contributed by atoms with Crippen molar-refractivity contribution < 1.29 is 9.47 Å². The van der Waals surface area contributed by atoms with E-state index in [0.717, 1.165) is 37.9 Å². The van der Waals surface area contributed by atoms with Crippen LogP contribution in [0.5, 0.6) is 0 Å². The van der Waals surface area contributed by atoms with Crippen molar-refractivity contribution in [1.82, 2.24) is 5.32 Å². The maximum absolute atomic E-state index is 6.03. The van der Waals surface area contributed by atoms with Crippen LogP contribution in [0.25, 0.3) is 0 Å². The molecule has 4 atom stereocenters. The van der Waals surface area contributed by atoms with Gasteiger partial charge in [0, 0.05) is 37.0 Å².